The highest BCUT2D eigenvalue weighted by Gasteiger charge is 2.42. The molecule has 0 aliphatic heterocycles. The Hall–Kier alpha value is -0.813. The van der Waals surface area contributed by atoms with Gasteiger partial charge in [-0.3, -0.25) is 0 Å². The molecular formula is C18H37NO3Si. The first kappa shape index (κ1) is 22.2. The number of nitrogens with zero attached hydrogens (tertiary/aromatic N) is 1. The van der Waals surface area contributed by atoms with Crippen molar-refractivity contribution in [3.05, 3.63) is 12.7 Å². The van der Waals surface area contributed by atoms with Crippen LogP contribution in [0.2, 0.25) is 18.1 Å². The maximum Gasteiger partial charge on any atom is 0.434 e. The standard InChI is InChI=1S/C18H37NO3Si/c1-11-13-14-15(12-2)19(16(20)21-17(3,4)5)22-23(9,10)18(6,7)8/h12,15H,2,11,13-14H2,1,3-10H3/t15-/m1/s1. The summed E-state index contributed by atoms with van der Waals surface area (Å²) in [6.45, 7) is 22.3. The molecule has 0 aliphatic rings. The van der Waals surface area contributed by atoms with E-state index in [0.29, 0.717) is 0 Å². The van der Waals surface area contributed by atoms with E-state index in [0.717, 1.165) is 19.3 Å². The van der Waals surface area contributed by atoms with Crippen LogP contribution in [0.3, 0.4) is 0 Å². The third-order valence-electron chi connectivity index (χ3n) is 4.13. The lowest BCUT2D eigenvalue weighted by Crippen LogP contribution is -2.52. The third-order valence-corrected chi connectivity index (χ3v) is 8.40. The van der Waals surface area contributed by atoms with E-state index in [1.807, 2.05) is 20.8 Å². The monoisotopic (exact) mass is 343 g/mol. The number of unbranched alkanes of at least 4 members (excludes halogenated alkanes) is 1. The molecule has 0 aromatic carbocycles. The lowest BCUT2D eigenvalue weighted by atomic mass is 10.1. The number of ether oxygens (including phenoxy) is 1. The van der Waals surface area contributed by atoms with Crippen LogP contribution in [0.4, 0.5) is 4.79 Å². The topological polar surface area (TPSA) is 38.8 Å². The Balaban J connectivity index is 5.44. The van der Waals surface area contributed by atoms with Crippen LogP contribution in [-0.4, -0.2) is 31.1 Å². The maximum absolute atomic E-state index is 12.7. The predicted octanol–water partition coefficient (Wildman–Crippen LogP) is 5.91. The fourth-order valence-corrected chi connectivity index (χ4v) is 2.65. The van der Waals surface area contributed by atoms with Crippen LogP contribution < -0.4 is 0 Å². The lowest BCUT2D eigenvalue weighted by Gasteiger charge is -2.42. The van der Waals surface area contributed by atoms with Gasteiger partial charge in [0.25, 0.3) is 0 Å². The van der Waals surface area contributed by atoms with Gasteiger partial charge in [-0.25, -0.2) is 4.79 Å². The molecular weight excluding hydrogens is 306 g/mol. The van der Waals surface area contributed by atoms with Gasteiger partial charge in [-0.05, 0) is 45.3 Å². The van der Waals surface area contributed by atoms with Crippen molar-refractivity contribution < 1.29 is 14.1 Å². The highest BCUT2D eigenvalue weighted by Crippen LogP contribution is 2.38. The third kappa shape index (κ3) is 7.53. The second-order valence-electron chi connectivity index (χ2n) is 8.60. The largest absolute Gasteiger partial charge is 0.442 e. The van der Waals surface area contributed by atoms with Crippen LogP contribution >= 0.6 is 0 Å². The van der Waals surface area contributed by atoms with Gasteiger partial charge in [-0.15, -0.1) is 6.58 Å². The highest BCUT2D eigenvalue weighted by atomic mass is 28.4. The zero-order valence-electron chi connectivity index (χ0n) is 16.7. The minimum absolute atomic E-state index is 0.00371. The molecule has 0 aromatic rings. The number of amides is 1. The summed E-state index contributed by atoms with van der Waals surface area (Å²) < 4.78 is 11.8. The molecule has 23 heavy (non-hydrogen) atoms. The smallest absolute Gasteiger partial charge is 0.434 e. The Kier molecular flexibility index (Phi) is 8.04. The first-order valence-electron chi connectivity index (χ1n) is 8.59. The van der Waals surface area contributed by atoms with Crippen LogP contribution in [0, 0.1) is 0 Å². The molecule has 0 rings (SSSR count). The zero-order chi connectivity index (χ0) is 18.5. The zero-order valence-corrected chi connectivity index (χ0v) is 17.7. The highest BCUT2D eigenvalue weighted by molar-refractivity contribution is 6.74. The summed E-state index contributed by atoms with van der Waals surface area (Å²) >= 11 is 0. The van der Waals surface area contributed by atoms with Crippen molar-refractivity contribution in [3.63, 3.8) is 0 Å². The molecule has 5 heteroatoms. The SMILES string of the molecule is C=C[C@H](CCCC)N(O[Si](C)(C)C(C)(C)C)C(=O)OC(C)(C)C. The second kappa shape index (κ2) is 8.33. The van der Waals surface area contributed by atoms with Crippen LogP contribution in [0.5, 0.6) is 0 Å². The van der Waals surface area contributed by atoms with E-state index in [-0.39, 0.29) is 11.1 Å². The molecule has 0 bridgehead atoms. The minimum atomic E-state index is -2.15. The van der Waals surface area contributed by atoms with Gasteiger partial charge in [0.1, 0.15) is 5.60 Å². The second-order valence-corrected chi connectivity index (χ2v) is 13.3. The maximum atomic E-state index is 12.7. The average Bonchev–Trinajstić information content (AvgIpc) is 2.34. The first-order valence-corrected chi connectivity index (χ1v) is 11.5. The van der Waals surface area contributed by atoms with Gasteiger partial charge in [-0.2, -0.15) is 5.06 Å². The molecule has 0 radical (unpaired) electrons. The van der Waals surface area contributed by atoms with E-state index in [2.05, 4.69) is 47.4 Å². The molecule has 0 saturated carbocycles. The van der Waals surface area contributed by atoms with Crippen LogP contribution in [0.1, 0.15) is 67.7 Å². The van der Waals surface area contributed by atoms with Crippen molar-refractivity contribution in [2.24, 2.45) is 0 Å². The van der Waals surface area contributed by atoms with Crippen LogP contribution in [-0.2, 0) is 9.26 Å². The summed E-state index contributed by atoms with van der Waals surface area (Å²) in [5.41, 5.74) is -0.553. The first-order chi connectivity index (χ1) is 10.2. The van der Waals surface area contributed by atoms with E-state index in [4.69, 9.17) is 9.26 Å². The number of carbonyl (C=O) groups is 1. The van der Waals surface area contributed by atoms with E-state index in [1.165, 1.54) is 5.06 Å². The number of carbonyl (C=O) groups excluding carboxylic acids is 1. The number of rotatable bonds is 7. The number of hydrogen-bond acceptors (Lipinski definition) is 3. The van der Waals surface area contributed by atoms with Crippen molar-refractivity contribution in [1.29, 1.82) is 0 Å². The van der Waals surface area contributed by atoms with Crippen molar-refractivity contribution in [3.8, 4) is 0 Å². The van der Waals surface area contributed by atoms with Gasteiger partial charge < -0.3 is 9.26 Å². The Labute approximate surface area is 144 Å². The van der Waals surface area contributed by atoms with E-state index >= 15 is 0 Å². The number of hydrogen-bond donors (Lipinski definition) is 0. The summed E-state index contributed by atoms with van der Waals surface area (Å²) in [4.78, 5) is 12.7. The Morgan fingerprint density at radius 3 is 2.09 bits per heavy atom. The quantitative estimate of drug-likeness (QED) is 0.328. The molecule has 0 saturated heterocycles. The molecule has 0 heterocycles. The molecule has 0 aromatic heterocycles. The van der Waals surface area contributed by atoms with Crippen molar-refractivity contribution >= 4 is 14.4 Å². The minimum Gasteiger partial charge on any atom is -0.442 e. The van der Waals surface area contributed by atoms with Crippen molar-refractivity contribution in [2.75, 3.05) is 0 Å². The molecule has 4 nitrogen and oxygen atoms in total. The predicted molar refractivity (Wildman–Crippen MR) is 99.9 cm³/mol. The summed E-state index contributed by atoms with van der Waals surface area (Å²) in [5, 5.41) is 1.44. The van der Waals surface area contributed by atoms with Gasteiger partial charge in [0.15, 0.2) is 0 Å². The van der Waals surface area contributed by atoms with Gasteiger partial charge in [0.2, 0.25) is 8.32 Å². The molecule has 0 spiro atoms. The molecule has 136 valence electrons. The average molecular weight is 344 g/mol. The summed E-state index contributed by atoms with van der Waals surface area (Å²) in [5.74, 6) is 0. The Morgan fingerprint density at radius 1 is 1.22 bits per heavy atom. The van der Waals surface area contributed by atoms with Gasteiger partial charge in [0, 0.05) is 0 Å². The molecule has 1 amide bonds. The molecule has 1 atom stereocenters. The van der Waals surface area contributed by atoms with Gasteiger partial charge >= 0.3 is 6.09 Å². The Bertz CT molecular complexity index is 394. The summed E-state index contributed by atoms with van der Waals surface area (Å²) in [6, 6.07) is -0.168. The van der Waals surface area contributed by atoms with Crippen molar-refractivity contribution in [2.45, 2.75) is 97.5 Å². The van der Waals surface area contributed by atoms with Crippen molar-refractivity contribution in [1.82, 2.24) is 5.06 Å². The molecule has 0 N–H and O–H groups in total. The number of hydroxylamine groups is 2. The van der Waals surface area contributed by atoms with Crippen LogP contribution in [0.15, 0.2) is 12.7 Å². The molecule has 0 fully saturated rings. The van der Waals surface area contributed by atoms with E-state index < -0.39 is 20.0 Å². The van der Waals surface area contributed by atoms with Gasteiger partial charge in [0.05, 0.1) is 6.04 Å². The normalized spacial score (nSPS) is 14.3. The molecule has 0 aliphatic carbocycles. The fourth-order valence-electron chi connectivity index (χ4n) is 1.67. The lowest BCUT2D eigenvalue weighted by molar-refractivity contribution is -0.0987. The summed E-state index contributed by atoms with van der Waals surface area (Å²) in [6.07, 6.45) is 4.26. The fraction of sp³-hybridized carbons (Fsp3) is 0.833. The Morgan fingerprint density at radius 2 is 1.74 bits per heavy atom. The molecule has 0 unspecified atom stereocenters. The van der Waals surface area contributed by atoms with E-state index in [9.17, 15) is 4.79 Å². The van der Waals surface area contributed by atoms with Crippen LogP contribution in [0.25, 0.3) is 0 Å². The van der Waals surface area contributed by atoms with E-state index in [1.54, 1.807) is 6.08 Å². The summed E-state index contributed by atoms with van der Waals surface area (Å²) in [7, 11) is -2.15. The van der Waals surface area contributed by atoms with Gasteiger partial charge in [-0.1, -0.05) is 46.6 Å².